The van der Waals surface area contributed by atoms with Gasteiger partial charge in [-0.3, -0.25) is 4.79 Å². The highest BCUT2D eigenvalue weighted by atomic mass is 32.1. The summed E-state index contributed by atoms with van der Waals surface area (Å²) in [5.41, 5.74) is 0. The molecule has 0 radical (unpaired) electrons. The van der Waals surface area contributed by atoms with Gasteiger partial charge in [-0.15, -0.1) is 10.2 Å². The largest absolute Gasteiger partial charge is 0.352 e. The monoisotopic (exact) mass is 268 g/mol. The van der Waals surface area contributed by atoms with Crippen molar-refractivity contribution in [3.63, 3.8) is 0 Å². The van der Waals surface area contributed by atoms with Crippen molar-refractivity contribution in [1.82, 2.24) is 15.5 Å². The summed E-state index contributed by atoms with van der Waals surface area (Å²) in [7, 11) is 0. The summed E-state index contributed by atoms with van der Waals surface area (Å²) in [5.74, 6) is 0.662. The molecule has 18 heavy (non-hydrogen) atoms. The first-order chi connectivity index (χ1) is 8.60. The average molecular weight is 268 g/mol. The maximum absolute atomic E-state index is 11.8. The van der Waals surface area contributed by atoms with E-state index in [1.165, 1.54) is 12.8 Å². The van der Waals surface area contributed by atoms with Crippen LogP contribution in [-0.4, -0.2) is 35.2 Å². The SMILES string of the molecule is CCN(CC(=O)NC(C)C)c1nnc(C2CC2)s1. The number of carbonyl (C=O) groups excluding carboxylic acids is 1. The van der Waals surface area contributed by atoms with Crippen molar-refractivity contribution in [3.8, 4) is 0 Å². The molecule has 6 heteroatoms. The Morgan fingerprint density at radius 1 is 1.50 bits per heavy atom. The van der Waals surface area contributed by atoms with E-state index in [9.17, 15) is 4.79 Å². The van der Waals surface area contributed by atoms with E-state index in [-0.39, 0.29) is 11.9 Å². The minimum Gasteiger partial charge on any atom is -0.352 e. The van der Waals surface area contributed by atoms with Crippen molar-refractivity contribution >= 4 is 22.4 Å². The molecule has 100 valence electrons. The average Bonchev–Trinajstić information content (AvgIpc) is 3.04. The summed E-state index contributed by atoms with van der Waals surface area (Å²) in [6, 6.07) is 0.174. The quantitative estimate of drug-likeness (QED) is 0.854. The van der Waals surface area contributed by atoms with Gasteiger partial charge in [-0.1, -0.05) is 11.3 Å². The van der Waals surface area contributed by atoms with E-state index >= 15 is 0 Å². The van der Waals surface area contributed by atoms with E-state index in [4.69, 9.17) is 0 Å². The van der Waals surface area contributed by atoms with Crippen LogP contribution in [0.4, 0.5) is 5.13 Å². The van der Waals surface area contributed by atoms with Crippen LogP contribution in [0.25, 0.3) is 0 Å². The van der Waals surface area contributed by atoms with Crippen LogP contribution >= 0.6 is 11.3 Å². The van der Waals surface area contributed by atoms with Gasteiger partial charge in [0.05, 0.1) is 6.54 Å². The third kappa shape index (κ3) is 3.41. The molecule has 2 rings (SSSR count). The predicted octanol–water partition coefficient (Wildman–Crippen LogP) is 1.77. The van der Waals surface area contributed by atoms with Gasteiger partial charge in [-0.25, -0.2) is 0 Å². The van der Waals surface area contributed by atoms with Gasteiger partial charge in [0.2, 0.25) is 11.0 Å². The van der Waals surface area contributed by atoms with Crippen LogP contribution in [0.5, 0.6) is 0 Å². The highest BCUT2D eigenvalue weighted by Crippen LogP contribution is 2.42. The number of hydrogen-bond donors (Lipinski definition) is 1. The number of nitrogens with one attached hydrogen (secondary N) is 1. The van der Waals surface area contributed by atoms with Crippen molar-refractivity contribution in [2.45, 2.75) is 45.6 Å². The van der Waals surface area contributed by atoms with Crippen molar-refractivity contribution in [2.75, 3.05) is 18.0 Å². The van der Waals surface area contributed by atoms with Gasteiger partial charge in [-0.05, 0) is 33.6 Å². The molecule has 1 heterocycles. The van der Waals surface area contributed by atoms with Gasteiger partial charge < -0.3 is 10.2 Å². The topological polar surface area (TPSA) is 58.1 Å². The van der Waals surface area contributed by atoms with Crippen LogP contribution in [0.15, 0.2) is 0 Å². The molecule has 0 aromatic carbocycles. The number of carbonyl (C=O) groups is 1. The molecule has 1 aromatic rings. The first-order valence-electron chi connectivity index (χ1n) is 6.47. The smallest absolute Gasteiger partial charge is 0.239 e. The van der Waals surface area contributed by atoms with Crippen LogP contribution in [0, 0.1) is 0 Å². The van der Waals surface area contributed by atoms with Gasteiger partial charge in [0.25, 0.3) is 0 Å². The van der Waals surface area contributed by atoms with Crippen molar-refractivity contribution in [1.29, 1.82) is 0 Å². The van der Waals surface area contributed by atoms with E-state index < -0.39 is 0 Å². The highest BCUT2D eigenvalue weighted by Gasteiger charge is 2.28. The second kappa shape index (κ2) is 5.65. The minimum absolute atomic E-state index is 0.0371. The molecule has 1 saturated carbocycles. The number of rotatable bonds is 6. The third-order valence-corrected chi connectivity index (χ3v) is 3.94. The van der Waals surface area contributed by atoms with E-state index in [1.54, 1.807) is 11.3 Å². The summed E-state index contributed by atoms with van der Waals surface area (Å²) in [5, 5.41) is 13.3. The summed E-state index contributed by atoms with van der Waals surface area (Å²) >= 11 is 1.62. The van der Waals surface area contributed by atoms with E-state index in [0.717, 1.165) is 16.7 Å². The van der Waals surface area contributed by atoms with Gasteiger partial charge in [0, 0.05) is 18.5 Å². The molecule has 1 amide bonds. The maximum atomic E-state index is 11.8. The fourth-order valence-electron chi connectivity index (χ4n) is 1.71. The zero-order valence-electron chi connectivity index (χ0n) is 11.1. The van der Waals surface area contributed by atoms with Gasteiger partial charge in [-0.2, -0.15) is 0 Å². The van der Waals surface area contributed by atoms with E-state index in [1.807, 2.05) is 25.7 Å². The highest BCUT2D eigenvalue weighted by molar-refractivity contribution is 7.15. The molecule has 1 N–H and O–H groups in total. The lowest BCUT2D eigenvalue weighted by Crippen LogP contribution is -2.40. The van der Waals surface area contributed by atoms with Gasteiger partial charge in [0.15, 0.2) is 0 Å². The fraction of sp³-hybridized carbons (Fsp3) is 0.750. The first-order valence-corrected chi connectivity index (χ1v) is 7.29. The molecule has 0 spiro atoms. The van der Waals surface area contributed by atoms with E-state index in [0.29, 0.717) is 12.5 Å². The molecule has 0 bridgehead atoms. The number of hydrogen-bond acceptors (Lipinski definition) is 5. The molecule has 0 aliphatic heterocycles. The Labute approximate surface area is 112 Å². The van der Waals surface area contributed by atoms with Crippen LogP contribution < -0.4 is 10.2 Å². The lowest BCUT2D eigenvalue weighted by molar-refractivity contribution is -0.120. The molecule has 1 aliphatic rings. The van der Waals surface area contributed by atoms with E-state index in [2.05, 4.69) is 15.5 Å². The van der Waals surface area contributed by atoms with Crippen molar-refractivity contribution in [2.24, 2.45) is 0 Å². The minimum atomic E-state index is 0.0371. The fourth-order valence-corrected chi connectivity index (χ4v) is 2.78. The lowest BCUT2D eigenvalue weighted by Gasteiger charge is -2.19. The number of likely N-dealkylation sites (N-methyl/N-ethyl adjacent to an activating group) is 1. The number of nitrogens with zero attached hydrogens (tertiary/aromatic N) is 3. The van der Waals surface area contributed by atoms with Crippen LogP contribution in [0.2, 0.25) is 0 Å². The number of aromatic nitrogens is 2. The van der Waals surface area contributed by atoms with Crippen LogP contribution in [0.3, 0.4) is 0 Å². The summed E-state index contributed by atoms with van der Waals surface area (Å²) in [6.07, 6.45) is 2.46. The zero-order chi connectivity index (χ0) is 13.1. The predicted molar refractivity (Wildman–Crippen MR) is 73.0 cm³/mol. The number of amides is 1. The second-order valence-corrected chi connectivity index (χ2v) is 5.92. The summed E-state index contributed by atoms with van der Waals surface area (Å²) < 4.78 is 0. The standard InChI is InChI=1S/C12H20N4OS/c1-4-16(7-10(17)13-8(2)3)12-15-14-11(18-12)9-5-6-9/h8-9H,4-7H2,1-3H3,(H,13,17). The Bertz CT molecular complexity index is 414. The Hall–Kier alpha value is -1.17. The van der Waals surface area contributed by atoms with Gasteiger partial charge >= 0.3 is 0 Å². The lowest BCUT2D eigenvalue weighted by atomic mass is 10.4. The first kappa shape index (κ1) is 13.3. The zero-order valence-corrected chi connectivity index (χ0v) is 12.0. The molecule has 0 atom stereocenters. The van der Waals surface area contributed by atoms with Crippen LogP contribution in [0.1, 0.15) is 44.5 Å². The molecule has 5 nitrogen and oxygen atoms in total. The molecular formula is C12H20N4OS. The Balaban J connectivity index is 1.96. The third-order valence-electron chi connectivity index (χ3n) is 2.79. The Morgan fingerprint density at radius 2 is 2.22 bits per heavy atom. The summed E-state index contributed by atoms with van der Waals surface area (Å²) in [6.45, 7) is 7.08. The number of anilines is 1. The van der Waals surface area contributed by atoms with Gasteiger partial charge in [0.1, 0.15) is 5.01 Å². The maximum Gasteiger partial charge on any atom is 0.239 e. The van der Waals surface area contributed by atoms with Crippen molar-refractivity contribution < 1.29 is 4.79 Å². The molecule has 1 aliphatic carbocycles. The summed E-state index contributed by atoms with van der Waals surface area (Å²) in [4.78, 5) is 13.7. The second-order valence-electron chi connectivity index (χ2n) is 4.93. The molecule has 1 aromatic heterocycles. The molecule has 0 unspecified atom stereocenters. The molecule has 0 saturated heterocycles. The molecular weight excluding hydrogens is 248 g/mol. The van der Waals surface area contributed by atoms with Crippen molar-refractivity contribution in [3.05, 3.63) is 5.01 Å². The Morgan fingerprint density at radius 3 is 2.78 bits per heavy atom. The normalized spacial score (nSPS) is 14.9. The van der Waals surface area contributed by atoms with Crippen LogP contribution in [-0.2, 0) is 4.79 Å². The Kier molecular flexibility index (Phi) is 4.16. The molecule has 1 fully saturated rings.